The molecule has 42 heavy (non-hydrogen) atoms. The standard InChI is InChI=1S/C33H39ClN2O5S/c1-40-29-6-2-3-13-32(15-16-32)31(37)35-42(38,39)25-9-12-30-28(18-25)36(19-23-7-10-26(23)29)20-33(21-41-30)14-4-5-22-17-24(34)8-11-27(22)33/h2,6,8-9,11-12,17-18,23,26,29H,3-5,7,10,13-16,19-21H2,1H3,(H,35,37)/b6-2-/t23-,26+,29+,33-/m0/s1. The molecule has 1 N–H and O–H groups in total. The molecule has 4 atom stereocenters. The minimum absolute atomic E-state index is 0.0153. The molecule has 0 saturated heterocycles. The second kappa shape index (κ2) is 10.6. The third kappa shape index (κ3) is 4.93. The van der Waals surface area contributed by atoms with Gasteiger partial charge in [-0.15, -0.1) is 0 Å². The maximum atomic E-state index is 13.6. The molecule has 3 aliphatic carbocycles. The first-order chi connectivity index (χ1) is 20.2. The lowest BCUT2D eigenvalue weighted by Crippen LogP contribution is -2.49. The van der Waals surface area contributed by atoms with E-state index in [0.29, 0.717) is 50.0 Å². The Morgan fingerprint density at radius 2 is 1.93 bits per heavy atom. The van der Waals surface area contributed by atoms with Crippen LogP contribution in [0, 0.1) is 17.3 Å². The van der Waals surface area contributed by atoms with Gasteiger partial charge in [0.25, 0.3) is 10.0 Å². The predicted molar refractivity (Wildman–Crippen MR) is 163 cm³/mol. The van der Waals surface area contributed by atoms with Crippen molar-refractivity contribution in [2.75, 3.05) is 31.7 Å². The number of anilines is 1. The van der Waals surface area contributed by atoms with Crippen molar-refractivity contribution in [3.05, 3.63) is 64.7 Å². The van der Waals surface area contributed by atoms with Crippen LogP contribution in [-0.2, 0) is 31.4 Å². The number of ether oxygens (including phenoxy) is 2. The summed E-state index contributed by atoms with van der Waals surface area (Å²) in [6.07, 6.45) is 12.3. The van der Waals surface area contributed by atoms with E-state index >= 15 is 0 Å². The molecule has 2 saturated carbocycles. The molecule has 0 radical (unpaired) electrons. The van der Waals surface area contributed by atoms with Crippen molar-refractivity contribution in [2.24, 2.45) is 17.3 Å². The molecule has 2 fully saturated rings. The minimum atomic E-state index is -4.05. The van der Waals surface area contributed by atoms with Gasteiger partial charge in [0.05, 0.1) is 28.7 Å². The van der Waals surface area contributed by atoms with Gasteiger partial charge in [-0.25, -0.2) is 13.1 Å². The highest BCUT2D eigenvalue weighted by Gasteiger charge is 2.50. The summed E-state index contributed by atoms with van der Waals surface area (Å²) in [7, 11) is -2.27. The lowest BCUT2D eigenvalue weighted by atomic mass is 9.68. The number of fused-ring (bicyclic) bond motifs is 4. The van der Waals surface area contributed by atoms with Crippen LogP contribution >= 0.6 is 11.6 Å². The number of benzene rings is 2. The van der Waals surface area contributed by atoms with Gasteiger partial charge in [-0.2, -0.15) is 0 Å². The maximum Gasteiger partial charge on any atom is 0.264 e. The van der Waals surface area contributed by atoms with Gasteiger partial charge >= 0.3 is 0 Å². The molecule has 224 valence electrons. The van der Waals surface area contributed by atoms with Gasteiger partial charge in [0.15, 0.2) is 0 Å². The Kier molecular flexibility index (Phi) is 7.10. The fourth-order valence-corrected chi connectivity index (χ4v) is 9.10. The maximum absolute atomic E-state index is 13.6. The average molecular weight is 611 g/mol. The number of methoxy groups -OCH3 is 1. The van der Waals surface area contributed by atoms with Crippen molar-refractivity contribution in [1.29, 1.82) is 0 Å². The Morgan fingerprint density at radius 3 is 2.69 bits per heavy atom. The monoisotopic (exact) mass is 610 g/mol. The van der Waals surface area contributed by atoms with E-state index in [4.69, 9.17) is 21.1 Å². The number of nitrogens with zero attached hydrogens (tertiary/aromatic N) is 1. The van der Waals surface area contributed by atoms with Crippen LogP contribution in [0.25, 0.3) is 0 Å². The molecule has 2 aromatic rings. The number of halogens is 1. The van der Waals surface area contributed by atoms with Crippen molar-refractivity contribution < 1.29 is 22.7 Å². The fraction of sp³-hybridized carbons (Fsp3) is 0.545. The summed E-state index contributed by atoms with van der Waals surface area (Å²) in [5, 5.41) is 0.745. The molecular formula is C33H39ClN2O5S. The van der Waals surface area contributed by atoms with Crippen LogP contribution in [0.5, 0.6) is 5.75 Å². The Morgan fingerprint density at radius 1 is 1.07 bits per heavy atom. The number of carbonyl (C=O) groups excluding carboxylic acids is 1. The van der Waals surface area contributed by atoms with Crippen LogP contribution in [-0.4, -0.2) is 47.2 Å². The normalized spacial score (nSPS) is 32.0. The molecule has 2 heterocycles. The SMILES string of the molecule is CO[C@@H]1/C=C\CCC2(CC2)C(=O)NS(=O)(=O)c2ccc3c(c2)N(C[C@@H]2CC[C@H]21)C[C@@]1(CCCc2cc(Cl)ccc21)CO3. The fourth-order valence-electron chi connectivity index (χ4n) is 7.81. The second-order valence-electron chi connectivity index (χ2n) is 13.1. The van der Waals surface area contributed by atoms with E-state index in [-0.39, 0.29) is 16.4 Å². The summed E-state index contributed by atoms with van der Waals surface area (Å²) in [4.78, 5) is 15.7. The summed E-state index contributed by atoms with van der Waals surface area (Å²) >= 11 is 6.40. The summed E-state index contributed by atoms with van der Waals surface area (Å²) in [6.45, 7) is 2.00. The quantitative estimate of drug-likeness (QED) is 0.412. The number of hydrogen-bond acceptors (Lipinski definition) is 6. The number of sulfonamides is 1. The molecule has 9 heteroatoms. The zero-order valence-electron chi connectivity index (χ0n) is 24.1. The lowest BCUT2D eigenvalue weighted by Gasteiger charge is -2.46. The Hall–Kier alpha value is -2.55. The number of aryl methyl sites for hydroxylation is 1. The van der Waals surface area contributed by atoms with E-state index < -0.39 is 21.3 Å². The van der Waals surface area contributed by atoms with Crippen molar-refractivity contribution in [2.45, 2.75) is 74.2 Å². The highest BCUT2D eigenvalue weighted by molar-refractivity contribution is 7.90. The molecule has 2 aromatic carbocycles. The number of nitrogens with one attached hydrogen (secondary N) is 1. The van der Waals surface area contributed by atoms with Crippen LogP contribution in [0.4, 0.5) is 5.69 Å². The van der Waals surface area contributed by atoms with Crippen molar-refractivity contribution >= 4 is 33.2 Å². The molecular weight excluding hydrogens is 572 g/mol. The van der Waals surface area contributed by atoms with E-state index in [1.54, 1.807) is 25.3 Å². The van der Waals surface area contributed by atoms with Gasteiger partial charge < -0.3 is 14.4 Å². The van der Waals surface area contributed by atoms with Gasteiger partial charge in [0.1, 0.15) is 5.75 Å². The number of hydrogen-bond donors (Lipinski definition) is 1. The number of rotatable bonds is 1. The van der Waals surface area contributed by atoms with Gasteiger partial charge in [-0.3, -0.25) is 4.79 Å². The van der Waals surface area contributed by atoms with Crippen LogP contribution in [0.15, 0.2) is 53.4 Å². The Labute approximate surface area is 253 Å². The number of carbonyl (C=O) groups is 1. The lowest BCUT2D eigenvalue weighted by molar-refractivity contribution is -0.124. The van der Waals surface area contributed by atoms with Gasteiger partial charge in [0, 0.05) is 30.6 Å². The van der Waals surface area contributed by atoms with Gasteiger partial charge in [-0.05, 0) is 111 Å². The highest BCUT2D eigenvalue weighted by Crippen LogP contribution is 2.51. The molecule has 1 amide bonds. The highest BCUT2D eigenvalue weighted by atomic mass is 35.5. The van der Waals surface area contributed by atoms with E-state index in [9.17, 15) is 13.2 Å². The molecule has 2 aliphatic heterocycles. The first kappa shape index (κ1) is 28.2. The van der Waals surface area contributed by atoms with Crippen LogP contribution in [0.2, 0.25) is 5.02 Å². The Balaban J connectivity index is 1.31. The van der Waals surface area contributed by atoms with Crippen LogP contribution < -0.4 is 14.4 Å². The topological polar surface area (TPSA) is 84.9 Å². The van der Waals surface area contributed by atoms with Gasteiger partial charge in [0.2, 0.25) is 5.91 Å². The molecule has 0 unspecified atom stereocenters. The molecule has 5 aliphatic rings. The summed E-state index contributed by atoms with van der Waals surface area (Å²) in [5.41, 5.74) is 2.45. The molecule has 2 bridgehead atoms. The first-order valence-corrected chi connectivity index (χ1v) is 17.2. The largest absolute Gasteiger partial charge is 0.490 e. The van der Waals surface area contributed by atoms with E-state index in [1.807, 2.05) is 6.07 Å². The van der Waals surface area contributed by atoms with E-state index in [0.717, 1.165) is 55.8 Å². The average Bonchev–Trinajstić information content (AvgIpc) is 3.77. The first-order valence-electron chi connectivity index (χ1n) is 15.3. The van der Waals surface area contributed by atoms with E-state index in [1.165, 1.54) is 11.1 Å². The van der Waals surface area contributed by atoms with Crippen LogP contribution in [0.3, 0.4) is 0 Å². The van der Waals surface area contributed by atoms with E-state index in [2.05, 4.69) is 33.9 Å². The van der Waals surface area contributed by atoms with Crippen molar-refractivity contribution in [1.82, 2.24) is 4.72 Å². The third-order valence-electron chi connectivity index (χ3n) is 10.6. The minimum Gasteiger partial charge on any atom is -0.490 e. The van der Waals surface area contributed by atoms with Crippen molar-refractivity contribution in [3.8, 4) is 5.75 Å². The third-order valence-corrected chi connectivity index (χ3v) is 12.2. The van der Waals surface area contributed by atoms with Gasteiger partial charge in [-0.1, -0.05) is 29.8 Å². The zero-order valence-corrected chi connectivity index (χ0v) is 25.7. The molecule has 0 aromatic heterocycles. The van der Waals surface area contributed by atoms with Crippen LogP contribution in [0.1, 0.15) is 62.5 Å². The molecule has 2 spiro atoms. The smallest absolute Gasteiger partial charge is 0.264 e. The number of allylic oxidation sites excluding steroid dienone is 1. The second-order valence-corrected chi connectivity index (χ2v) is 15.2. The summed E-state index contributed by atoms with van der Waals surface area (Å²) < 4.78 is 42.1. The summed E-state index contributed by atoms with van der Waals surface area (Å²) in [6, 6.07) is 11.3. The number of amides is 1. The summed E-state index contributed by atoms with van der Waals surface area (Å²) in [5.74, 6) is 1.06. The Bertz CT molecular complexity index is 1540. The van der Waals surface area contributed by atoms with Crippen molar-refractivity contribution in [3.63, 3.8) is 0 Å². The molecule has 7 rings (SSSR count). The molecule has 7 nitrogen and oxygen atoms in total. The zero-order chi connectivity index (χ0) is 29.1. The predicted octanol–water partition coefficient (Wildman–Crippen LogP) is 5.79.